The molecule has 1 heterocycles. The van der Waals surface area contributed by atoms with Gasteiger partial charge in [0.05, 0.1) is 0 Å². The molecule has 2 aliphatic rings. The van der Waals surface area contributed by atoms with E-state index in [9.17, 15) is 4.79 Å². The summed E-state index contributed by atoms with van der Waals surface area (Å²) in [4.78, 5) is 11.9. The fourth-order valence-electron chi connectivity index (χ4n) is 2.18. The maximum Gasteiger partial charge on any atom is 0.140 e. The second kappa shape index (κ2) is 3.99. The number of carbonyl (C=O) groups is 1. The third-order valence-corrected chi connectivity index (χ3v) is 3.65. The van der Waals surface area contributed by atoms with Crippen molar-refractivity contribution < 1.29 is 9.53 Å². The fourth-order valence-corrected chi connectivity index (χ4v) is 2.18. The van der Waals surface area contributed by atoms with Crippen molar-refractivity contribution in [3.8, 4) is 0 Å². The highest BCUT2D eigenvalue weighted by Crippen LogP contribution is 2.47. The standard InChI is InChI=1S/C11H19NO2/c12-8-11(3-4-11)10(13)7-9-1-5-14-6-2-9/h9H,1-8,12H2. The number of hydrogen-bond donors (Lipinski definition) is 1. The van der Waals surface area contributed by atoms with E-state index in [0.717, 1.165) is 45.3 Å². The molecule has 1 aliphatic carbocycles. The van der Waals surface area contributed by atoms with Crippen LogP contribution in [-0.4, -0.2) is 25.5 Å². The molecule has 3 heteroatoms. The number of ether oxygens (including phenoxy) is 1. The molecule has 3 nitrogen and oxygen atoms in total. The van der Waals surface area contributed by atoms with Crippen LogP contribution in [0.5, 0.6) is 0 Å². The predicted octanol–water partition coefficient (Wildman–Crippen LogP) is 1.11. The minimum atomic E-state index is -0.0989. The largest absolute Gasteiger partial charge is 0.381 e. The van der Waals surface area contributed by atoms with Crippen molar-refractivity contribution in [2.24, 2.45) is 17.1 Å². The second-order valence-electron chi connectivity index (χ2n) is 4.67. The molecule has 0 aromatic rings. The van der Waals surface area contributed by atoms with Crippen LogP contribution in [-0.2, 0) is 9.53 Å². The van der Waals surface area contributed by atoms with Gasteiger partial charge in [0.2, 0.25) is 0 Å². The molecule has 0 radical (unpaired) electrons. The van der Waals surface area contributed by atoms with Gasteiger partial charge < -0.3 is 10.5 Å². The second-order valence-corrected chi connectivity index (χ2v) is 4.67. The van der Waals surface area contributed by atoms with Gasteiger partial charge in [0, 0.05) is 31.6 Å². The Hall–Kier alpha value is -0.410. The predicted molar refractivity (Wildman–Crippen MR) is 53.9 cm³/mol. The molecule has 0 atom stereocenters. The number of ketones is 1. The highest BCUT2D eigenvalue weighted by atomic mass is 16.5. The molecule has 0 spiro atoms. The van der Waals surface area contributed by atoms with Crippen LogP contribution in [0.3, 0.4) is 0 Å². The third kappa shape index (κ3) is 1.98. The first kappa shape index (κ1) is 10.1. The third-order valence-electron chi connectivity index (χ3n) is 3.65. The van der Waals surface area contributed by atoms with Crippen LogP contribution in [0.1, 0.15) is 32.1 Å². The first-order chi connectivity index (χ1) is 6.77. The average molecular weight is 197 g/mol. The van der Waals surface area contributed by atoms with E-state index in [2.05, 4.69) is 0 Å². The molecule has 14 heavy (non-hydrogen) atoms. The van der Waals surface area contributed by atoms with Gasteiger partial charge in [-0.2, -0.15) is 0 Å². The van der Waals surface area contributed by atoms with Crippen LogP contribution in [0.2, 0.25) is 0 Å². The van der Waals surface area contributed by atoms with E-state index >= 15 is 0 Å². The Kier molecular flexibility index (Phi) is 2.88. The lowest BCUT2D eigenvalue weighted by Gasteiger charge is -2.23. The van der Waals surface area contributed by atoms with E-state index in [1.807, 2.05) is 0 Å². The summed E-state index contributed by atoms with van der Waals surface area (Å²) < 4.78 is 5.27. The highest BCUT2D eigenvalue weighted by Gasteiger charge is 2.48. The quantitative estimate of drug-likeness (QED) is 0.734. The van der Waals surface area contributed by atoms with E-state index in [1.165, 1.54) is 0 Å². The summed E-state index contributed by atoms with van der Waals surface area (Å²) in [6.45, 7) is 2.20. The zero-order valence-electron chi connectivity index (χ0n) is 8.63. The van der Waals surface area contributed by atoms with E-state index in [1.54, 1.807) is 0 Å². The molecule has 2 N–H and O–H groups in total. The fraction of sp³-hybridized carbons (Fsp3) is 0.909. The number of hydrogen-bond acceptors (Lipinski definition) is 3. The summed E-state index contributed by atoms with van der Waals surface area (Å²) in [5.74, 6) is 0.965. The number of rotatable bonds is 4. The highest BCUT2D eigenvalue weighted by molar-refractivity contribution is 5.87. The minimum Gasteiger partial charge on any atom is -0.381 e. The number of carbonyl (C=O) groups excluding carboxylic acids is 1. The van der Waals surface area contributed by atoms with Crippen LogP contribution < -0.4 is 5.73 Å². The Morgan fingerprint density at radius 1 is 1.36 bits per heavy atom. The summed E-state index contributed by atoms with van der Waals surface area (Å²) in [6, 6.07) is 0. The average Bonchev–Trinajstić information content (AvgIpc) is 3.00. The molecular weight excluding hydrogens is 178 g/mol. The molecule has 0 aromatic carbocycles. The molecule has 0 bridgehead atoms. The van der Waals surface area contributed by atoms with Crippen molar-refractivity contribution >= 4 is 5.78 Å². The lowest BCUT2D eigenvalue weighted by molar-refractivity contribution is -0.125. The van der Waals surface area contributed by atoms with E-state index in [4.69, 9.17) is 10.5 Å². The van der Waals surface area contributed by atoms with Crippen molar-refractivity contribution in [1.82, 2.24) is 0 Å². The maximum atomic E-state index is 11.9. The van der Waals surface area contributed by atoms with Crippen molar-refractivity contribution in [3.05, 3.63) is 0 Å². The maximum absolute atomic E-state index is 11.9. The first-order valence-electron chi connectivity index (χ1n) is 5.58. The van der Waals surface area contributed by atoms with Gasteiger partial charge >= 0.3 is 0 Å². The number of Topliss-reactive ketones (excluding diaryl/α,β-unsaturated/α-hetero) is 1. The van der Waals surface area contributed by atoms with Crippen molar-refractivity contribution in [2.75, 3.05) is 19.8 Å². The smallest absolute Gasteiger partial charge is 0.140 e. The van der Waals surface area contributed by atoms with Gasteiger partial charge in [-0.1, -0.05) is 0 Å². The Bertz CT molecular complexity index is 217. The van der Waals surface area contributed by atoms with Gasteiger partial charge in [-0.25, -0.2) is 0 Å². The van der Waals surface area contributed by atoms with Crippen molar-refractivity contribution in [3.63, 3.8) is 0 Å². The molecule has 0 unspecified atom stereocenters. The van der Waals surface area contributed by atoms with Crippen LogP contribution in [0.4, 0.5) is 0 Å². The van der Waals surface area contributed by atoms with Gasteiger partial charge in [0.15, 0.2) is 0 Å². The topological polar surface area (TPSA) is 52.3 Å². The summed E-state index contributed by atoms with van der Waals surface area (Å²) >= 11 is 0. The Morgan fingerprint density at radius 2 is 2.00 bits per heavy atom. The molecule has 1 saturated carbocycles. The molecule has 2 fully saturated rings. The molecular formula is C11H19NO2. The lowest BCUT2D eigenvalue weighted by Crippen LogP contribution is -2.28. The van der Waals surface area contributed by atoms with Gasteiger partial charge in [-0.3, -0.25) is 4.79 Å². The summed E-state index contributed by atoms with van der Waals surface area (Å²) in [5, 5.41) is 0. The molecule has 1 aliphatic heterocycles. The van der Waals surface area contributed by atoms with Gasteiger partial charge in [0.25, 0.3) is 0 Å². The summed E-state index contributed by atoms with van der Waals surface area (Å²) in [6.07, 6.45) is 4.87. The summed E-state index contributed by atoms with van der Waals surface area (Å²) in [5.41, 5.74) is 5.53. The molecule has 0 amide bonds. The van der Waals surface area contributed by atoms with Crippen molar-refractivity contribution in [1.29, 1.82) is 0 Å². The van der Waals surface area contributed by atoms with Crippen LogP contribution in [0.15, 0.2) is 0 Å². The molecule has 1 saturated heterocycles. The molecule has 80 valence electrons. The van der Waals surface area contributed by atoms with Crippen LogP contribution >= 0.6 is 0 Å². The minimum absolute atomic E-state index is 0.0989. The monoisotopic (exact) mass is 197 g/mol. The van der Waals surface area contributed by atoms with E-state index < -0.39 is 0 Å². The van der Waals surface area contributed by atoms with Crippen molar-refractivity contribution in [2.45, 2.75) is 32.1 Å². The zero-order chi connectivity index (χ0) is 10.0. The molecule has 2 rings (SSSR count). The van der Waals surface area contributed by atoms with E-state index in [0.29, 0.717) is 18.2 Å². The van der Waals surface area contributed by atoms with Gasteiger partial charge in [-0.05, 0) is 31.6 Å². The van der Waals surface area contributed by atoms with E-state index in [-0.39, 0.29) is 5.41 Å². The SMILES string of the molecule is NCC1(C(=O)CC2CCOCC2)CC1. The Labute approximate surface area is 85.0 Å². The zero-order valence-corrected chi connectivity index (χ0v) is 8.63. The van der Waals surface area contributed by atoms with Gasteiger partial charge in [0.1, 0.15) is 5.78 Å². The Balaban J connectivity index is 1.81. The molecule has 0 aromatic heterocycles. The Morgan fingerprint density at radius 3 is 2.50 bits per heavy atom. The number of nitrogens with two attached hydrogens (primary N) is 1. The normalized spacial score (nSPS) is 26.1. The van der Waals surface area contributed by atoms with Gasteiger partial charge in [-0.15, -0.1) is 0 Å². The summed E-state index contributed by atoms with van der Waals surface area (Å²) in [7, 11) is 0. The van der Waals surface area contributed by atoms with Crippen LogP contribution in [0.25, 0.3) is 0 Å². The van der Waals surface area contributed by atoms with Crippen LogP contribution in [0, 0.1) is 11.3 Å². The lowest BCUT2D eigenvalue weighted by atomic mass is 9.88. The first-order valence-corrected chi connectivity index (χ1v) is 5.58.